The van der Waals surface area contributed by atoms with Gasteiger partial charge < -0.3 is 5.32 Å². The topological polar surface area (TPSA) is 48.5 Å². The van der Waals surface area contributed by atoms with Gasteiger partial charge in [0.15, 0.2) is 0 Å². The number of unbranched alkanes of at least 4 members (excludes halogenated alkanes) is 2. The van der Waals surface area contributed by atoms with E-state index in [1.807, 2.05) is 18.5 Å². The zero-order chi connectivity index (χ0) is 18.9. The fourth-order valence-corrected chi connectivity index (χ4v) is 4.48. The maximum atomic E-state index is 12.5. The van der Waals surface area contributed by atoms with Gasteiger partial charge in [0.05, 0.1) is 5.92 Å². The molecule has 3 heterocycles. The summed E-state index contributed by atoms with van der Waals surface area (Å²) < 4.78 is 0. The van der Waals surface area contributed by atoms with Crippen molar-refractivity contribution in [1.29, 1.82) is 0 Å². The highest BCUT2D eigenvalue weighted by atomic mass is 16.1. The van der Waals surface area contributed by atoms with Crippen LogP contribution in [0.3, 0.4) is 0 Å². The SMILES string of the molecule is CCCCCNC(=O)[C@H]1CCCN(C2CCN(Cc3cccnc3)CC2)C1. The average molecular weight is 373 g/mol. The van der Waals surface area contributed by atoms with Crippen LogP contribution in [0.1, 0.15) is 57.4 Å². The molecule has 2 saturated heterocycles. The fourth-order valence-electron chi connectivity index (χ4n) is 4.48. The Morgan fingerprint density at radius 2 is 2.07 bits per heavy atom. The summed E-state index contributed by atoms with van der Waals surface area (Å²) in [5.74, 6) is 0.471. The molecule has 1 atom stereocenters. The van der Waals surface area contributed by atoms with E-state index in [1.165, 1.54) is 31.2 Å². The molecular weight excluding hydrogens is 336 g/mol. The van der Waals surface area contributed by atoms with E-state index in [9.17, 15) is 4.79 Å². The van der Waals surface area contributed by atoms with Gasteiger partial charge in [0.2, 0.25) is 5.91 Å². The van der Waals surface area contributed by atoms with Gasteiger partial charge in [-0.3, -0.25) is 19.6 Å². The minimum atomic E-state index is 0.189. The van der Waals surface area contributed by atoms with E-state index in [0.717, 1.165) is 58.5 Å². The summed E-state index contributed by atoms with van der Waals surface area (Å²) in [5, 5.41) is 3.17. The van der Waals surface area contributed by atoms with Crippen LogP contribution in [0.15, 0.2) is 24.5 Å². The van der Waals surface area contributed by atoms with Crippen LogP contribution >= 0.6 is 0 Å². The molecule has 2 aliphatic rings. The lowest BCUT2D eigenvalue weighted by Crippen LogP contribution is -2.50. The first kappa shape index (κ1) is 20.3. The summed E-state index contributed by atoms with van der Waals surface area (Å²) >= 11 is 0. The van der Waals surface area contributed by atoms with Gasteiger partial charge in [0, 0.05) is 38.1 Å². The molecule has 1 amide bonds. The van der Waals surface area contributed by atoms with Crippen LogP contribution in [0.2, 0.25) is 0 Å². The average Bonchev–Trinajstić information content (AvgIpc) is 2.72. The van der Waals surface area contributed by atoms with Crippen LogP contribution < -0.4 is 5.32 Å². The van der Waals surface area contributed by atoms with Gasteiger partial charge >= 0.3 is 0 Å². The predicted octanol–water partition coefficient (Wildman–Crippen LogP) is 3.06. The largest absolute Gasteiger partial charge is 0.356 e. The first-order valence-corrected chi connectivity index (χ1v) is 10.9. The summed E-state index contributed by atoms with van der Waals surface area (Å²) in [4.78, 5) is 21.9. The highest BCUT2D eigenvalue weighted by Crippen LogP contribution is 2.24. The second kappa shape index (κ2) is 10.8. The molecule has 0 bridgehead atoms. The van der Waals surface area contributed by atoms with Crippen molar-refractivity contribution in [3.8, 4) is 0 Å². The Balaban J connectivity index is 1.40. The summed E-state index contributed by atoms with van der Waals surface area (Å²) in [7, 11) is 0. The maximum Gasteiger partial charge on any atom is 0.224 e. The zero-order valence-corrected chi connectivity index (χ0v) is 16.9. The van der Waals surface area contributed by atoms with Crippen molar-refractivity contribution in [3.63, 3.8) is 0 Å². The Labute approximate surface area is 164 Å². The van der Waals surface area contributed by atoms with Gasteiger partial charge in [-0.15, -0.1) is 0 Å². The molecule has 3 rings (SSSR count). The Morgan fingerprint density at radius 1 is 1.22 bits per heavy atom. The van der Waals surface area contributed by atoms with Crippen LogP contribution in [-0.4, -0.2) is 59.5 Å². The van der Waals surface area contributed by atoms with Crippen molar-refractivity contribution in [2.45, 2.75) is 64.5 Å². The number of amides is 1. The minimum absolute atomic E-state index is 0.189. The van der Waals surface area contributed by atoms with Crippen molar-refractivity contribution in [3.05, 3.63) is 30.1 Å². The van der Waals surface area contributed by atoms with Crippen LogP contribution in [0.25, 0.3) is 0 Å². The van der Waals surface area contributed by atoms with E-state index < -0.39 is 0 Å². The first-order chi connectivity index (χ1) is 13.3. The molecule has 2 aliphatic heterocycles. The van der Waals surface area contributed by atoms with Gasteiger partial charge in [-0.2, -0.15) is 0 Å². The van der Waals surface area contributed by atoms with Crippen molar-refractivity contribution in [1.82, 2.24) is 20.1 Å². The van der Waals surface area contributed by atoms with Gasteiger partial charge in [-0.1, -0.05) is 25.8 Å². The molecule has 5 heteroatoms. The van der Waals surface area contributed by atoms with E-state index >= 15 is 0 Å². The van der Waals surface area contributed by atoms with E-state index in [2.05, 4.69) is 33.1 Å². The van der Waals surface area contributed by atoms with E-state index in [0.29, 0.717) is 6.04 Å². The van der Waals surface area contributed by atoms with Crippen LogP contribution in [0, 0.1) is 5.92 Å². The highest BCUT2D eigenvalue weighted by molar-refractivity contribution is 5.78. The van der Waals surface area contributed by atoms with Crippen molar-refractivity contribution < 1.29 is 4.79 Å². The Morgan fingerprint density at radius 3 is 2.81 bits per heavy atom. The Bertz CT molecular complexity index is 557. The number of carbonyl (C=O) groups excluding carboxylic acids is 1. The third-order valence-corrected chi connectivity index (χ3v) is 6.11. The van der Waals surface area contributed by atoms with E-state index in [1.54, 1.807) is 0 Å². The number of pyridine rings is 1. The highest BCUT2D eigenvalue weighted by Gasteiger charge is 2.31. The Kier molecular flexibility index (Phi) is 8.09. The number of rotatable bonds is 8. The third kappa shape index (κ3) is 6.28. The lowest BCUT2D eigenvalue weighted by molar-refractivity contribution is -0.127. The lowest BCUT2D eigenvalue weighted by Gasteiger charge is -2.42. The molecule has 150 valence electrons. The Hall–Kier alpha value is -1.46. The molecule has 27 heavy (non-hydrogen) atoms. The van der Waals surface area contributed by atoms with Gasteiger partial charge in [0.25, 0.3) is 0 Å². The third-order valence-electron chi connectivity index (χ3n) is 6.11. The summed E-state index contributed by atoms with van der Waals surface area (Å²) in [6, 6.07) is 4.82. The molecule has 0 radical (unpaired) electrons. The molecule has 1 aromatic heterocycles. The van der Waals surface area contributed by atoms with Crippen LogP contribution in [0.4, 0.5) is 0 Å². The lowest BCUT2D eigenvalue weighted by atomic mass is 9.93. The zero-order valence-electron chi connectivity index (χ0n) is 16.9. The van der Waals surface area contributed by atoms with Crippen LogP contribution in [-0.2, 0) is 11.3 Å². The van der Waals surface area contributed by atoms with Gasteiger partial charge in [-0.25, -0.2) is 0 Å². The standard InChI is InChI=1S/C22H36N4O/c1-2-3-4-12-24-22(27)20-8-6-13-26(18-20)21-9-14-25(15-10-21)17-19-7-5-11-23-16-19/h5,7,11,16,20-21H,2-4,6,8-10,12-15,17-18H2,1H3,(H,24,27)/t20-/m0/s1. The molecule has 2 fully saturated rings. The number of nitrogens with zero attached hydrogens (tertiary/aromatic N) is 3. The van der Waals surface area contributed by atoms with Crippen molar-refractivity contribution >= 4 is 5.91 Å². The first-order valence-electron chi connectivity index (χ1n) is 10.9. The minimum Gasteiger partial charge on any atom is -0.356 e. The summed E-state index contributed by atoms with van der Waals surface area (Å²) in [5.41, 5.74) is 1.30. The number of hydrogen-bond donors (Lipinski definition) is 1. The molecule has 0 aliphatic carbocycles. The summed E-state index contributed by atoms with van der Waals surface area (Å²) in [6.07, 6.45) is 12.0. The van der Waals surface area contributed by atoms with Gasteiger partial charge in [0.1, 0.15) is 0 Å². The molecule has 0 saturated carbocycles. The second-order valence-corrected chi connectivity index (χ2v) is 8.20. The maximum absolute atomic E-state index is 12.5. The van der Waals surface area contributed by atoms with E-state index in [-0.39, 0.29) is 11.8 Å². The number of carbonyl (C=O) groups is 1. The molecule has 0 spiro atoms. The van der Waals surface area contributed by atoms with Crippen molar-refractivity contribution in [2.75, 3.05) is 32.7 Å². The number of piperidine rings is 2. The van der Waals surface area contributed by atoms with E-state index in [4.69, 9.17) is 0 Å². The predicted molar refractivity (Wildman–Crippen MR) is 109 cm³/mol. The number of aromatic nitrogens is 1. The van der Waals surface area contributed by atoms with Crippen LogP contribution in [0.5, 0.6) is 0 Å². The number of nitrogens with one attached hydrogen (secondary N) is 1. The molecule has 1 aromatic rings. The quantitative estimate of drug-likeness (QED) is 0.713. The molecule has 1 N–H and O–H groups in total. The smallest absolute Gasteiger partial charge is 0.224 e. The normalized spacial score (nSPS) is 22.6. The molecule has 5 nitrogen and oxygen atoms in total. The second-order valence-electron chi connectivity index (χ2n) is 8.20. The summed E-state index contributed by atoms with van der Waals surface area (Å²) in [6.45, 7) is 8.44. The molecule has 0 unspecified atom stereocenters. The van der Waals surface area contributed by atoms with Crippen molar-refractivity contribution in [2.24, 2.45) is 5.92 Å². The number of hydrogen-bond acceptors (Lipinski definition) is 4. The molecular formula is C22H36N4O. The fraction of sp³-hybridized carbons (Fsp3) is 0.727. The monoisotopic (exact) mass is 372 g/mol. The van der Waals surface area contributed by atoms with Gasteiger partial charge in [-0.05, 0) is 63.4 Å². The number of likely N-dealkylation sites (tertiary alicyclic amines) is 2. The molecule has 0 aromatic carbocycles.